The second kappa shape index (κ2) is 5.31. The molecule has 0 bridgehead atoms. The van der Waals surface area contributed by atoms with Crippen LogP contribution < -0.4 is 0 Å². The summed E-state index contributed by atoms with van der Waals surface area (Å²) in [5.74, 6) is 5.14. The van der Waals surface area contributed by atoms with E-state index in [2.05, 4.69) is 16.6 Å². The third kappa shape index (κ3) is 3.12. The number of hydrogen-bond acceptors (Lipinski definition) is 2. The van der Waals surface area contributed by atoms with E-state index in [1.807, 2.05) is 12.1 Å². The van der Waals surface area contributed by atoms with E-state index < -0.39 is 0 Å². The quantitative estimate of drug-likeness (QED) is 0.523. The van der Waals surface area contributed by atoms with Gasteiger partial charge in [-0.15, -0.1) is 0 Å². The van der Waals surface area contributed by atoms with Gasteiger partial charge in [0.15, 0.2) is 0 Å². The third-order valence-electron chi connectivity index (χ3n) is 1.56. The second-order valence-corrected chi connectivity index (χ2v) is 2.94. The highest BCUT2D eigenvalue weighted by Crippen LogP contribution is 2.12. The maximum atomic E-state index is 10.7. The Morgan fingerprint density at radius 2 is 2.21 bits per heavy atom. The molecule has 0 unspecified atom stereocenters. The Hall–Kier alpha value is -1.46. The summed E-state index contributed by atoms with van der Waals surface area (Å²) in [7, 11) is 1.33. The van der Waals surface area contributed by atoms with Gasteiger partial charge in [-0.05, 0) is 12.1 Å². The van der Waals surface area contributed by atoms with Crippen molar-refractivity contribution in [3.63, 3.8) is 0 Å². The lowest BCUT2D eigenvalue weighted by Gasteiger charge is -1.93. The molecule has 0 aliphatic rings. The summed E-state index contributed by atoms with van der Waals surface area (Å²) >= 11 is 5.85. The Balaban J connectivity index is 2.68. The maximum absolute atomic E-state index is 10.7. The molecular weight excluding hydrogens is 200 g/mol. The van der Waals surface area contributed by atoms with Crippen LogP contribution in [-0.2, 0) is 9.53 Å². The zero-order valence-corrected chi connectivity index (χ0v) is 8.47. The van der Waals surface area contributed by atoms with Gasteiger partial charge in [-0.1, -0.05) is 35.6 Å². The highest BCUT2D eigenvalue weighted by Gasteiger charge is 1.95. The fraction of sp³-hybridized carbons (Fsp3) is 0.182. The molecule has 3 heteroatoms. The van der Waals surface area contributed by atoms with Crippen molar-refractivity contribution in [1.82, 2.24) is 0 Å². The van der Waals surface area contributed by atoms with E-state index in [1.54, 1.807) is 12.1 Å². The summed E-state index contributed by atoms with van der Waals surface area (Å²) in [6.07, 6.45) is 0.0850. The number of hydrogen-bond donors (Lipinski definition) is 0. The number of ether oxygens (including phenoxy) is 1. The third-order valence-corrected chi connectivity index (χ3v) is 1.89. The van der Waals surface area contributed by atoms with Crippen LogP contribution in [0.2, 0.25) is 5.02 Å². The molecular formula is C11H9ClO2. The minimum Gasteiger partial charge on any atom is -0.468 e. The predicted octanol–water partition coefficient (Wildman–Crippen LogP) is 2.25. The first-order valence-electron chi connectivity index (χ1n) is 4.04. The average Bonchev–Trinajstić information content (AvgIpc) is 2.20. The lowest BCUT2D eigenvalue weighted by Crippen LogP contribution is -1.97. The van der Waals surface area contributed by atoms with E-state index in [9.17, 15) is 4.79 Å². The van der Waals surface area contributed by atoms with E-state index in [0.717, 1.165) is 5.56 Å². The molecule has 72 valence electrons. The van der Waals surface area contributed by atoms with Crippen LogP contribution in [-0.4, -0.2) is 13.1 Å². The number of carbonyl (C=O) groups excluding carboxylic acids is 1. The zero-order valence-electron chi connectivity index (χ0n) is 7.71. The molecule has 0 heterocycles. The smallest absolute Gasteiger partial charge is 0.317 e. The molecule has 0 atom stereocenters. The van der Waals surface area contributed by atoms with Crippen LogP contribution in [0.5, 0.6) is 0 Å². The normalized spacial score (nSPS) is 8.71. The van der Waals surface area contributed by atoms with E-state index in [1.165, 1.54) is 7.11 Å². The molecule has 1 rings (SSSR count). The Kier molecular flexibility index (Phi) is 4.03. The summed E-state index contributed by atoms with van der Waals surface area (Å²) in [5, 5.41) is 0.588. The highest BCUT2D eigenvalue weighted by molar-refractivity contribution is 6.31. The summed E-state index contributed by atoms with van der Waals surface area (Å²) in [5.41, 5.74) is 0.720. The number of benzene rings is 1. The van der Waals surface area contributed by atoms with E-state index >= 15 is 0 Å². The molecule has 0 aliphatic carbocycles. The highest BCUT2D eigenvalue weighted by atomic mass is 35.5. The SMILES string of the molecule is COC(=O)CC#Cc1ccccc1Cl. The van der Waals surface area contributed by atoms with Crippen molar-refractivity contribution in [1.29, 1.82) is 0 Å². The largest absolute Gasteiger partial charge is 0.468 e. The Labute approximate surface area is 87.8 Å². The number of carbonyl (C=O) groups is 1. The van der Waals surface area contributed by atoms with Crippen molar-refractivity contribution in [3.05, 3.63) is 34.9 Å². The summed E-state index contributed by atoms with van der Waals surface area (Å²) in [6, 6.07) is 7.22. The van der Waals surface area contributed by atoms with Crippen molar-refractivity contribution >= 4 is 17.6 Å². The first-order chi connectivity index (χ1) is 6.74. The van der Waals surface area contributed by atoms with Crippen LogP contribution in [0.25, 0.3) is 0 Å². The van der Waals surface area contributed by atoms with Crippen LogP contribution in [0.1, 0.15) is 12.0 Å². The average molecular weight is 209 g/mol. The minimum absolute atomic E-state index is 0.0850. The number of methoxy groups -OCH3 is 1. The van der Waals surface area contributed by atoms with Crippen molar-refractivity contribution in [3.8, 4) is 11.8 Å². The van der Waals surface area contributed by atoms with Gasteiger partial charge in [-0.3, -0.25) is 4.79 Å². The minimum atomic E-state index is -0.343. The molecule has 14 heavy (non-hydrogen) atoms. The van der Waals surface area contributed by atoms with Gasteiger partial charge in [0.1, 0.15) is 6.42 Å². The predicted molar refractivity (Wildman–Crippen MR) is 55.0 cm³/mol. The zero-order chi connectivity index (χ0) is 10.4. The fourth-order valence-electron chi connectivity index (χ4n) is 0.846. The Morgan fingerprint density at radius 3 is 2.86 bits per heavy atom. The summed E-state index contributed by atoms with van der Waals surface area (Å²) in [4.78, 5) is 10.7. The lowest BCUT2D eigenvalue weighted by atomic mass is 10.2. The van der Waals surface area contributed by atoms with E-state index in [4.69, 9.17) is 11.6 Å². The molecule has 0 amide bonds. The topological polar surface area (TPSA) is 26.3 Å². The molecule has 0 aliphatic heterocycles. The molecule has 0 fully saturated rings. The van der Waals surface area contributed by atoms with Crippen LogP contribution >= 0.6 is 11.6 Å². The Bertz CT molecular complexity index is 388. The first kappa shape index (κ1) is 10.6. The van der Waals surface area contributed by atoms with Gasteiger partial charge in [0.2, 0.25) is 0 Å². The number of esters is 1. The number of halogens is 1. The lowest BCUT2D eigenvalue weighted by molar-refractivity contribution is -0.139. The fourth-order valence-corrected chi connectivity index (χ4v) is 1.03. The first-order valence-corrected chi connectivity index (χ1v) is 4.42. The van der Waals surface area contributed by atoms with Crippen molar-refractivity contribution < 1.29 is 9.53 Å². The van der Waals surface area contributed by atoms with Gasteiger partial charge in [0.25, 0.3) is 0 Å². The van der Waals surface area contributed by atoms with Gasteiger partial charge in [0, 0.05) is 5.56 Å². The molecule has 0 saturated carbocycles. The van der Waals surface area contributed by atoms with Crippen LogP contribution in [0.4, 0.5) is 0 Å². The molecule has 0 aromatic heterocycles. The standard InChI is InChI=1S/C11H9ClO2/c1-14-11(13)8-4-6-9-5-2-3-7-10(9)12/h2-3,5,7H,8H2,1H3. The molecule has 0 saturated heterocycles. The Morgan fingerprint density at radius 1 is 1.50 bits per heavy atom. The summed E-state index contributed by atoms with van der Waals surface area (Å²) in [6.45, 7) is 0. The van der Waals surface area contributed by atoms with Gasteiger partial charge >= 0.3 is 5.97 Å². The van der Waals surface area contributed by atoms with Crippen LogP contribution in [0.15, 0.2) is 24.3 Å². The van der Waals surface area contributed by atoms with Crippen molar-refractivity contribution in [2.75, 3.05) is 7.11 Å². The van der Waals surface area contributed by atoms with Gasteiger partial charge in [0.05, 0.1) is 12.1 Å². The number of rotatable bonds is 1. The second-order valence-electron chi connectivity index (χ2n) is 2.53. The monoisotopic (exact) mass is 208 g/mol. The maximum Gasteiger partial charge on any atom is 0.317 e. The van der Waals surface area contributed by atoms with Crippen LogP contribution in [0.3, 0.4) is 0 Å². The molecule has 1 aromatic rings. The van der Waals surface area contributed by atoms with Gasteiger partial charge < -0.3 is 4.74 Å². The van der Waals surface area contributed by atoms with Gasteiger partial charge in [-0.25, -0.2) is 0 Å². The molecule has 1 aromatic carbocycles. The molecule has 2 nitrogen and oxygen atoms in total. The molecule has 0 radical (unpaired) electrons. The van der Waals surface area contributed by atoms with E-state index in [-0.39, 0.29) is 12.4 Å². The van der Waals surface area contributed by atoms with Crippen LogP contribution in [0, 0.1) is 11.8 Å². The van der Waals surface area contributed by atoms with Crippen molar-refractivity contribution in [2.45, 2.75) is 6.42 Å². The molecule has 0 N–H and O–H groups in total. The summed E-state index contributed by atoms with van der Waals surface area (Å²) < 4.78 is 4.44. The van der Waals surface area contributed by atoms with Gasteiger partial charge in [-0.2, -0.15) is 0 Å². The van der Waals surface area contributed by atoms with E-state index in [0.29, 0.717) is 5.02 Å². The van der Waals surface area contributed by atoms with Crippen molar-refractivity contribution in [2.24, 2.45) is 0 Å². The molecule has 0 spiro atoms.